The van der Waals surface area contributed by atoms with Crippen LogP contribution in [0.5, 0.6) is 0 Å². The van der Waals surface area contributed by atoms with Gasteiger partial charge < -0.3 is 10.2 Å². The van der Waals surface area contributed by atoms with Crippen LogP contribution in [0.2, 0.25) is 0 Å². The Labute approximate surface area is 154 Å². The zero-order chi connectivity index (χ0) is 19.1. The van der Waals surface area contributed by atoms with Crippen LogP contribution >= 0.6 is 0 Å². The SMILES string of the molecule is CCc1cccc(C)c1N(CCNC(=O)Cc1cccc(F)c1)C(C)=O. The number of anilines is 1. The van der Waals surface area contributed by atoms with Gasteiger partial charge in [-0.25, -0.2) is 4.39 Å². The van der Waals surface area contributed by atoms with E-state index in [-0.39, 0.29) is 24.1 Å². The maximum absolute atomic E-state index is 13.2. The van der Waals surface area contributed by atoms with E-state index in [0.29, 0.717) is 18.7 Å². The van der Waals surface area contributed by atoms with E-state index >= 15 is 0 Å². The first-order valence-electron chi connectivity index (χ1n) is 8.80. The Morgan fingerprint density at radius 3 is 2.54 bits per heavy atom. The predicted octanol–water partition coefficient (Wildman–Crippen LogP) is 3.41. The summed E-state index contributed by atoms with van der Waals surface area (Å²) in [7, 11) is 0. The fraction of sp³-hybridized carbons (Fsp3) is 0.333. The average Bonchev–Trinajstić information content (AvgIpc) is 2.59. The van der Waals surface area contributed by atoms with E-state index in [1.54, 1.807) is 17.0 Å². The van der Waals surface area contributed by atoms with E-state index in [1.807, 2.05) is 25.1 Å². The highest BCUT2D eigenvalue weighted by Crippen LogP contribution is 2.25. The molecule has 0 fully saturated rings. The smallest absolute Gasteiger partial charge is 0.224 e. The van der Waals surface area contributed by atoms with Crippen LogP contribution in [0.3, 0.4) is 0 Å². The standard InChI is InChI=1S/C21H25FN2O2/c1-4-18-9-5-7-15(2)21(18)24(16(3)25)12-11-23-20(26)14-17-8-6-10-19(22)13-17/h5-10,13H,4,11-12,14H2,1-3H3,(H,23,26). The summed E-state index contributed by atoms with van der Waals surface area (Å²) in [6, 6.07) is 12.0. The van der Waals surface area contributed by atoms with Crippen LogP contribution in [0.4, 0.5) is 10.1 Å². The summed E-state index contributed by atoms with van der Waals surface area (Å²) in [6.07, 6.45) is 0.940. The van der Waals surface area contributed by atoms with Gasteiger partial charge in [0.25, 0.3) is 0 Å². The number of hydrogen-bond acceptors (Lipinski definition) is 2. The van der Waals surface area contributed by atoms with E-state index < -0.39 is 0 Å². The van der Waals surface area contributed by atoms with Crippen molar-refractivity contribution >= 4 is 17.5 Å². The van der Waals surface area contributed by atoms with E-state index in [2.05, 4.69) is 12.2 Å². The van der Waals surface area contributed by atoms with Gasteiger partial charge >= 0.3 is 0 Å². The number of amides is 2. The number of carbonyl (C=O) groups is 2. The molecule has 0 aliphatic heterocycles. The molecule has 2 aromatic rings. The molecule has 0 saturated carbocycles. The number of nitrogens with zero attached hydrogens (tertiary/aromatic N) is 1. The molecule has 0 atom stereocenters. The lowest BCUT2D eigenvalue weighted by molar-refractivity contribution is -0.121. The lowest BCUT2D eigenvalue weighted by atomic mass is 10.0. The lowest BCUT2D eigenvalue weighted by Crippen LogP contribution is -2.38. The quantitative estimate of drug-likeness (QED) is 0.826. The molecule has 2 rings (SSSR count). The van der Waals surface area contributed by atoms with E-state index in [9.17, 15) is 14.0 Å². The molecule has 0 saturated heterocycles. The minimum absolute atomic E-state index is 0.0617. The molecule has 5 heteroatoms. The van der Waals surface area contributed by atoms with Gasteiger partial charge in [0.1, 0.15) is 5.82 Å². The maximum Gasteiger partial charge on any atom is 0.224 e. The number of para-hydroxylation sites is 1. The summed E-state index contributed by atoms with van der Waals surface area (Å²) >= 11 is 0. The first-order chi connectivity index (χ1) is 12.4. The van der Waals surface area contributed by atoms with Crippen molar-refractivity contribution in [2.45, 2.75) is 33.6 Å². The molecule has 0 bridgehead atoms. The molecule has 26 heavy (non-hydrogen) atoms. The normalized spacial score (nSPS) is 10.5. The number of halogens is 1. The molecule has 0 aliphatic carbocycles. The van der Waals surface area contributed by atoms with Crippen molar-refractivity contribution in [3.8, 4) is 0 Å². The van der Waals surface area contributed by atoms with Gasteiger partial charge in [-0.05, 0) is 42.2 Å². The Kier molecular flexibility index (Phi) is 6.89. The summed E-state index contributed by atoms with van der Waals surface area (Å²) in [6.45, 7) is 6.29. The van der Waals surface area contributed by atoms with E-state index in [1.165, 1.54) is 19.1 Å². The molecule has 0 aliphatic rings. The fourth-order valence-corrected chi connectivity index (χ4v) is 3.02. The Morgan fingerprint density at radius 1 is 1.15 bits per heavy atom. The molecule has 2 amide bonds. The Hall–Kier alpha value is -2.69. The largest absolute Gasteiger partial charge is 0.354 e. The van der Waals surface area contributed by atoms with Crippen LogP contribution in [-0.2, 0) is 22.4 Å². The number of rotatable bonds is 7. The summed E-state index contributed by atoms with van der Waals surface area (Å²) in [5.41, 5.74) is 3.68. The maximum atomic E-state index is 13.2. The van der Waals surface area contributed by atoms with Crippen LogP contribution in [0.15, 0.2) is 42.5 Å². The second-order valence-corrected chi connectivity index (χ2v) is 6.26. The van der Waals surface area contributed by atoms with Crippen molar-refractivity contribution in [2.24, 2.45) is 0 Å². The minimum atomic E-state index is -0.357. The molecule has 4 nitrogen and oxygen atoms in total. The van der Waals surface area contributed by atoms with Crippen molar-refractivity contribution in [3.05, 3.63) is 65.0 Å². The van der Waals surface area contributed by atoms with Crippen molar-refractivity contribution in [1.29, 1.82) is 0 Å². The monoisotopic (exact) mass is 356 g/mol. The fourth-order valence-electron chi connectivity index (χ4n) is 3.02. The summed E-state index contributed by atoms with van der Waals surface area (Å²) in [4.78, 5) is 25.9. The first kappa shape index (κ1) is 19.6. The number of nitrogens with one attached hydrogen (secondary N) is 1. The highest BCUT2D eigenvalue weighted by Gasteiger charge is 2.17. The van der Waals surface area contributed by atoms with Gasteiger partial charge in [0.05, 0.1) is 6.42 Å². The van der Waals surface area contributed by atoms with Crippen molar-refractivity contribution in [1.82, 2.24) is 5.32 Å². The third kappa shape index (κ3) is 5.15. The second kappa shape index (κ2) is 9.13. The van der Waals surface area contributed by atoms with Crippen LogP contribution in [0.1, 0.15) is 30.5 Å². The topological polar surface area (TPSA) is 49.4 Å². The average molecular weight is 356 g/mol. The molecule has 0 heterocycles. The Balaban J connectivity index is 1.99. The molecule has 2 aromatic carbocycles. The first-order valence-corrected chi connectivity index (χ1v) is 8.80. The number of hydrogen-bond donors (Lipinski definition) is 1. The minimum Gasteiger partial charge on any atom is -0.354 e. The van der Waals surface area contributed by atoms with Crippen LogP contribution in [-0.4, -0.2) is 24.9 Å². The highest BCUT2D eigenvalue weighted by atomic mass is 19.1. The number of aryl methyl sites for hydroxylation is 2. The zero-order valence-corrected chi connectivity index (χ0v) is 15.5. The van der Waals surface area contributed by atoms with Gasteiger partial charge in [-0.2, -0.15) is 0 Å². The number of benzene rings is 2. The van der Waals surface area contributed by atoms with E-state index in [4.69, 9.17) is 0 Å². The third-order valence-corrected chi connectivity index (χ3v) is 4.26. The lowest BCUT2D eigenvalue weighted by Gasteiger charge is -2.26. The Bertz CT molecular complexity index is 789. The summed E-state index contributed by atoms with van der Waals surface area (Å²) in [5.74, 6) is -0.613. The molecular formula is C21H25FN2O2. The van der Waals surface area contributed by atoms with Gasteiger partial charge in [-0.15, -0.1) is 0 Å². The number of carbonyl (C=O) groups excluding carboxylic acids is 2. The highest BCUT2D eigenvalue weighted by molar-refractivity contribution is 5.93. The molecule has 138 valence electrons. The van der Waals surface area contributed by atoms with Crippen LogP contribution in [0, 0.1) is 12.7 Å². The molecular weight excluding hydrogens is 331 g/mol. The van der Waals surface area contributed by atoms with Gasteiger partial charge in [-0.1, -0.05) is 37.3 Å². The van der Waals surface area contributed by atoms with Gasteiger partial charge in [0, 0.05) is 25.7 Å². The van der Waals surface area contributed by atoms with Crippen LogP contribution in [0.25, 0.3) is 0 Å². The second-order valence-electron chi connectivity index (χ2n) is 6.26. The van der Waals surface area contributed by atoms with Crippen molar-refractivity contribution in [3.63, 3.8) is 0 Å². The van der Waals surface area contributed by atoms with Gasteiger partial charge in [-0.3, -0.25) is 9.59 Å². The Morgan fingerprint density at radius 2 is 1.88 bits per heavy atom. The molecule has 0 unspecified atom stereocenters. The molecule has 0 spiro atoms. The molecule has 0 radical (unpaired) electrons. The van der Waals surface area contributed by atoms with Gasteiger partial charge in [0.15, 0.2) is 0 Å². The summed E-state index contributed by atoms with van der Waals surface area (Å²) in [5, 5.41) is 2.81. The summed E-state index contributed by atoms with van der Waals surface area (Å²) < 4.78 is 13.2. The molecule has 1 N–H and O–H groups in total. The van der Waals surface area contributed by atoms with Crippen LogP contribution < -0.4 is 10.2 Å². The van der Waals surface area contributed by atoms with Gasteiger partial charge in [0.2, 0.25) is 11.8 Å². The zero-order valence-electron chi connectivity index (χ0n) is 15.5. The third-order valence-electron chi connectivity index (χ3n) is 4.26. The van der Waals surface area contributed by atoms with Crippen molar-refractivity contribution in [2.75, 3.05) is 18.0 Å². The predicted molar refractivity (Wildman–Crippen MR) is 102 cm³/mol. The van der Waals surface area contributed by atoms with E-state index in [0.717, 1.165) is 23.2 Å². The van der Waals surface area contributed by atoms with Crippen molar-refractivity contribution < 1.29 is 14.0 Å². The molecule has 0 aromatic heterocycles.